The Morgan fingerprint density at radius 3 is 2.62 bits per heavy atom. The van der Waals surface area contributed by atoms with Crippen LogP contribution < -0.4 is 4.72 Å². The highest BCUT2D eigenvalue weighted by Crippen LogP contribution is 2.01. The third kappa shape index (κ3) is 6.58. The smallest absolute Gasteiger partial charge is 0.208 e. The van der Waals surface area contributed by atoms with Crippen LogP contribution in [0.25, 0.3) is 0 Å². The summed E-state index contributed by atoms with van der Waals surface area (Å²) in [6.07, 6.45) is 10.9. The average molecular weight is 245 g/mol. The predicted molar refractivity (Wildman–Crippen MR) is 63.5 cm³/mol. The molecule has 0 amide bonds. The minimum Gasteiger partial charge on any atom is -0.337 e. The van der Waals surface area contributed by atoms with Gasteiger partial charge in [-0.05, 0) is 12.8 Å². The Morgan fingerprint density at radius 2 is 2.00 bits per heavy atom. The molecule has 0 fully saturated rings. The molecule has 0 saturated heterocycles. The Bertz CT molecular complexity index is 373. The van der Waals surface area contributed by atoms with Gasteiger partial charge in [0, 0.05) is 25.5 Å². The van der Waals surface area contributed by atoms with E-state index in [2.05, 4.69) is 14.3 Å². The summed E-state index contributed by atoms with van der Waals surface area (Å²) in [4.78, 5) is 3.96. The van der Waals surface area contributed by atoms with Crippen LogP contribution in [0.4, 0.5) is 0 Å². The molecule has 0 radical (unpaired) electrons. The van der Waals surface area contributed by atoms with Crippen LogP contribution in [-0.2, 0) is 16.6 Å². The van der Waals surface area contributed by atoms with E-state index < -0.39 is 10.0 Å². The molecule has 1 rings (SSSR count). The zero-order valence-electron chi connectivity index (χ0n) is 9.59. The Labute approximate surface area is 96.9 Å². The maximum atomic E-state index is 10.8. The van der Waals surface area contributed by atoms with E-state index in [0.717, 1.165) is 32.2 Å². The summed E-state index contributed by atoms with van der Waals surface area (Å²) in [6.45, 7) is 1.53. The van der Waals surface area contributed by atoms with Crippen molar-refractivity contribution >= 4 is 10.0 Å². The summed E-state index contributed by atoms with van der Waals surface area (Å²) in [6, 6.07) is 0. The fourth-order valence-corrected chi connectivity index (χ4v) is 1.96. The summed E-state index contributed by atoms with van der Waals surface area (Å²) in [7, 11) is -3.01. The molecule has 5 nitrogen and oxygen atoms in total. The number of aromatic nitrogens is 2. The summed E-state index contributed by atoms with van der Waals surface area (Å²) >= 11 is 0. The van der Waals surface area contributed by atoms with Crippen molar-refractivity contribution in [1.82, 2.24) is 14.3 Å². The van der Waals surface area contributed by atoms with Crippen molar-refractivity contribution in [2.75, 3.05) is 12.8 Å². The second-order valence-corrected chi connectivity index (χ2v) is 5.71. The highest BCUT2D eigenvalue weighted by molar-refractivity contribution is 7.88. The van der Waals surface area contributed by atoms with Crippen LogP contribution in [0.3, 0.4) is 0 Å². The molecule has 0 saturated carbocycles. The first-order chi connectivity index (χ1) is 7.58. The average Bonchev–Trinajstić information content (AvgIpc) is 2.67. The summed E-state index contributed by atoms with van der Waals surface area (Å²) in [5.41, 5.74) is 0. The first-order valence-electron chi connectivity index (χ1n) is 5.48. The number of hydrogen-bond acceptors (Lipinski definition) is 3. The van der Waals surface area contributed by atoms with Gasteiger partial charge in [0.2, 0.25) is 10.0 Å². The molecule has 1 aromatic rings. The van der Waals surface area contributed by atoms with E-state index in [1.807, 2.05) is 12.5 Å². The molecule has 1 aromatic heterocycles. The quantitative estimate of drug-likeness (QED) is 0.695. The second-order valence-electron chi connectivity index (χ2n) is 3.88. The minimum absolute atomic E-state index is 0.546. The lowest BCUT2D eigenvalue weighted by Gasteiger charge is -2.03. The van der Waals surface area contributed by atoms with E-state index in [-0.39, 0.29) is 0 Å². The van der Waals surface area contributed by atoms with Crippen LogP contribution >= 0.6 is 0 Å². The van der Waals surface area contributed by atoms with Gasteiger partial charge in [-0.25, -0.2) is 18.1 Å². The third-order valence-corrected chi connectivity index (χ3v) is 3.00. The first kappa shape index (κ1) is 13.2. The standard InChI is InChI=1S/C10H19N3O2S/c1-16(14,15)12-6-4-2-3-5-8-13-9-7-11-10-13/h7,9-10,12H,2-6,8H2,1H3. The molecule has 1 heterocycles. The number of unbranched alkanes of at least 4 members (excludes halogenated alkanes) is 3. The zero-order valence-corrected chi connectivity index (χ0v) is 10.4. The number of hydrogen-bond donors (Lipinski definition) is 1. The topological polar surface area (TPSA) is 64.0 Å². The van der Waals surface area contributed by atoms with Crippen LogP contribution in [-0.4, -0.2) is 30.8 Å². The van der Waals surface area contributed by atoms with Crippen LogP contribution in [0.1, 0.15) is 25.7 Å². The molecule has 0 aliphatic rings. The molecular formula is C10H19N3O2S. The Hall–Kier alpha value is -0.880. The van der Waals surface area contributed by atoms with Crippen LogP contribution in [0.2, 0.25) is 0 Å². The van der Waals surface area contributed by atoms with Gasteiger partial charge in [0.05, 0.1) is 12.6 Å². The predicted octanol–water partition coefficient (Wildman–Crippen LogP) is 0.993. The van der Waals surface area contributed by atoms with Gasteiger partial charge in [0.15, 0.2) is 0 Å². The maximum absolute atomic E-state index is 10.8. The molecule has 16 heavy (non-hydrogen) atoms. The van der Waals surface area contributed by atoms with Crippen LogP contribution in [0, 0.1) is 0 Å². The van der Waals surface area contributed by atoms with Crippen molar-refractivity contribution in [2.45, 2.75) is 32.2 Å². The van der Waals surface area contributed by atoms with Gasteiger partial charge in [0.1, 0.15) is 0 Å². The number of nitrogens with one attached hydrogen (secondary N) is 1. The minimum atomic E-state index is -3.01. The normalized spacial score (nSPS) is 11.8. The van der Waals surface area contributed by atoms with Crippen LogP contribution in [0.15, 0.2) is 18.7 Å². The van der Waals surface area contributed by atoms with Gasteiger partial charge in [-0.3, -0.25) is 0 Å². The fourth-order valence-electron chi connectivity index (χ4n) is 1.45. The number of aryl methyl sites for hydroxylation is 1. The second kappa shape index (κ2) is 6.65. The van der Waals surface area contributed by atoms with Crippen molar-refractivity contribution in [1.29, 1.82) is 0 Å². The molecular weight excluding hydrogens is 226 g/mol. The molecule has 0 aromatic carbocycles. The number of nitrogens with zero attached hydrogens (tertiary/aromatic N) is 2. The highest BCUT2D eigenvalue weighted by atomic mass is 32.2. The lowest BCUT2D eigenvalue weighted by atomic mass is 10.2. The Morgan fingerprint density at radius 1 is 1.25 bits per heavy atom. The summed E-state index contributed by atoms with van der Waals surface area (Å²) in [5.74, 6) is 0. The summed E-state index contributed by atoms with van der Waals surface area (Å²) in [5, 5.41) is 0. The Kier molecular flexibility index (Phi) is 5.48. The van der Waals surface area contributed by atoms with Crippen molar-refractivity contribution in [3.05, 3.63) is 18.7 Å². The van der Waals surface area contributed by atoms with Crippen molar-refractivity contribution in [2.24, 2.45) is 0 Å². The van der Waals surface area contributed by atoms with E-state index in [9.17, 15) is 8.42 Å². The van der Waals surface area contributed by atoms with E-state index in [1.165, 1.54) is 6.26 Å². The Balaban J connectivity index is 1.93. The molecule has 0 spiro atoms. The van der Waals surface area contributed by atoms with Crippen molar-refractivity contribution < 1.29 is 8.42 Å². The van der Waals surface area contributed by atoms with E-state index >= 15 is 0 Å². The van der Waals surface area contributed by atoms with E-state index in [0.29, 0.717) is 6.54 Å². The van der Waals surface area contributed by atoms with E-state index in [4.69, 9.17) is 0 Å². The van der Waals surface area contributed by atoms with Gasteiger partial charge in [-0.2, -0.15) is 0 Å². The largest absolute Gasteiger partial charge is 0.337 e. The highest BCUT2D eigenvalue weighted by Gasteiger charge is 1.98. The molecule has 0 unspecified atom stereocenters. The van der Waals surface area contributed by atoms with Crippen molar-refractivity contribution in [3.8, 4) is 0 Å². The van der Waals surface area contributed by atoms with Gasteiger partial charge in [-0.1, -0.05) is 12.8 Å². The number of sulfonamides is 1. The molecule has 1 N–H and O–H groups in total. The SMILES string of the molecule is CS(=O)(=O)NCCCCCCn1ccnc1. The van der Waals surface area contributed by atoms with Crippen molar-refractivity contribution in [3.63, 3.8) is 0 Å². The van der Waals surface area contributed by atoms with Crippen LogP contribution in [0.5, 0.6) is 0 Å². The molecule has 0 aliphatic carbocycles. The maximum Gasteiger partial charge on any atom is 0.208 e. The fraction of sp³-hybridized carbons (Fsp3) is 0.700. The first-order valence-corrected chi connectivity index (χ1v) is 7.37. The van der Waals surface area contributed by atoms with E-state index in [1.54, 1.807) is 6.20 Å². The zero-order chi connectivity index (χ0) is 11.9. The monoisotopic (exact) mass is 245 g/mol. The lowest BCUT2D eigenvalue weighted by molar-refractivity contribution is 0.558. The molecule has 0 aliphatic heterocycles. The van der Waals surface area contributed by atoms with Gasteiger partial charge >= 0.3 is 0 Å². The number of imidazole rings is 1. The third-order valence-electron chi connectivity index (χ3n) is 2.27. The molecule has 0 bridgehead atoms. The van der Waals surface area contributed by atoms with Gasteiger partial charge < -0.3 is 4.57 Å². The summed E-state index contributed by atoms with van der Waals surface area (Å²) < 4.78 is 26.0. The molecule has 6 heteroatoms. The van der Waals surface area contributed by atoms with Gasteiger partial charge in [0.25, 0.3) is 0 Å². The molecule has 92 valence electrons. The molecule has 0 atom stereocenters. The van der Waals surface area contributed by atoms with Gasteiger partial charge in [-0.15, -0.1) is 0 Å². The number of rotatable bonds is 8. The lowest BCUT2D eigenvalue weighted by Crippen LogP contribution is -2.22.